The van der Waals surface area contributed by atoms with Crippen LogP contribution in [0.25, 0.3) is 0 Å². The molecule has 4 nitrogen and oxygen atoms in total. The predicted molar refractivity (Wildman–Crippen MR) is 59.6 cm³/mol. The van der Waals surface area contributed by atoms with Gasteiger partial charge in [0.2, 0.25) is 0 Å². The van der Waals surface area contributed by atoms with E-state index in [1.165, 1.54) is 0 Å². The number of ether oxygens (including phenoxy) is 1. The molecule has 0 spiro atoms. The molecule has 4 heteroatoms. The Balaban J connectivity index is 2.27. The molecular weight excluding hydrogens is 204 g/mol. The van der Waals surface area contributed by atoms with Gasteiger partial charge in [-0.05, 0) is 24.3 Å². The fraction of sp³-hybridized carbons (Fsp3) is 0.167. The van der Waals surface area contributed by atoms with Gasteiger partial charge in [0.15, 0.2) is 5.78 Å². The first-order chi connectivity index (χ1) is 7.70. The fourth-order valence-electron chi connectivity index (χ4n) is 1.45. The van der Waals surface area contributed by atoms with E-state index in [0.29, 0.717) is 11.1 Å². The molecule has 2 rings (SSSR count). The number of hydrogen-bond acceptors (Lipinski definition) is 3. The van der Waals surface area contributed by atoms with Crippen LogP contribution in [0.4, 0.5) is 0 Å². The van der Waals surface area contributed by atoms with Gasteiger partial charge < -0.3 is 4.74 Å². The zero-order chi connectivity index (χ0) is 11.5. The first-order valence-electron chi connectivity index (χ1n) is 4.88. The summed E-state index contributed by atoms with van der Waals surface area (Å²) in [6.45, 7) is 0. The van der Waals surface area contributed by atoms with Crippen LogP contribution in [-0.2, 0) is 7.05 Å². The highest BCUT2D eigenvalue weighted by Crippen LogP contribution is 2.14. The summed E-state index contributed by atoms with van der Waals surface area (Å²) in [5.41, 5.74) is 1.22. The van der Waals surface area contributed by atoms with Gasteiger partial charge in [-0.2, -0.15) is 5.10 Å². The monoisotopic (exact) mass is 216 g/mol. The van der Waals surface area contributed by atoms with Crippen LogP contribution < -0.4 is 4.74 Å². The minimum Gasteiger partial charge on any atom is -0.497 e. The summed E-state index contributed by atoms with van der Waals surface area (Å²) in [5.74, 6) is 0.707. The van der Waals surface area contributed by atoms with E-state index in [1.54, 1.807) is 55.5 Å². The quantitative estimate of drug-likeness (QED) is 0.733. The molecule has 0 saturated heterocycles. The Morgan fingerprint density at radius 2 is 1.94 bits per heavy atom. The Kier molecular flexibility index (Phi) is 2.72. The number of carbonyl (C=O) groups excluding carboxylic acids is 1. The number of ketones is 1. The van der Waals surface area contributed by atoms with Gasteiger partial charge in [-0.15, -0.1) is 0 Å². The van der Waals surface area contributed by atoms with E-state index in [-0.39, 0.29) is 5.78 Å². The van der Waals surface area contributed by atoms with Gasteiger partial charge in [0.25, 0.3) is 0 Å². The van der Waals surface area contributed by atoms with Crippen LogP contribution in [0.3, 0.4) is 0 Å². The highest BCUT2D eigenvalue weighted by molar-refractivity contribution is 6.08. The topological polar surface area (TPSA) is 44.1 Å². The van der Waals surface area contributed by atoms with Crippen molar-refractivity contribution < 1.29 is 9.53 Å². The van der Waals surface area contributed by atoms with Gasteiger partial charge in [0, 0.05) is 18.8 Å². The molecule has 0 aliphatic rings. The molecule has 0 aliphatic carbocycles. The number of methoxy groups -OCH3 is 1. The molecule has 0 atom stereocenters. The van der Waals surface area contributed by atoms with E-state index >= 15 is 0 Å². The van der Waals surface area contributed by atoms with Crippen molar-refractivity contribution in [3.63, 3.8) is 0 Å². The zero-order valence-corrected chi connectivity index (χ0v) is 9.18. The number of nitrogens with zero attached hydrogens (tertiary/aromatic N) is 2. The average molecular weight is 216 g/mol. The summed E-state index contributed by atoms with van der Waals surface area (Å²) in [6, 6.07) is 7.02. The van der Waals surface area contributed by atoms with Crippen LogP contribution in [0, 0.1) is 0 Å². The lowest BCUT2D eigenvalue weighted by molar-refractivity contribution is 0.103. The van der Waals surface area contributed by atoms with Gasteiger partial charge in [-0.1, -0.05) is 0 Å². The molecule has 1 heterocycles. The minimum atomic E-state index is -0.0317. The van der Waals surface area contributed by atoms with Gasteiger partial charge in [0.05, 0.1) is 18.9 Å². The first kappa shape index (κ1) is 10.4. The second-order valence-corrected chi connectivity index (χ2v) is 3.46. The van der Waals surface area contributed by atoms with Crippen molar-refractivity contribution in [3.05, 3.63) is 47.8 Å². The Labute approximate surface area is 93.5 Å². The molecule has 0 amide bonds. The van der Waals surface area contributed by atoms with E-state index in [9.17, 15) is 4.79 Å². The minimum absolute atomic E-state index is 0.0317. The standard InChI is InChI=1S/C12H12N2O2/c1-14-8-10(7-13-14)12(15)9-3-5-11(16-2)6-4-9/h3-8H,1-2H3. The second kappa shape index (κ2) is 4.18. The Hall–Kier alpha value is -2.10. The maximum atomic E-state index is 12.0. The van der Waals surface area contributed by atoms with Crippen molar-refractivity contribution in [2.75, 3.05) is 7.11 Å². The second-order valence-electron chi connectivity index (χ2n) is 3.46. The first-order valence-corrected chi connectivity index (χ1v) is 4.88. The lowest BCUT2D eigenvalue weighted by Gasteiger charge is -2.00. The molecule has 0 bridgehead atoms. The molecule has 0 unspecified atom stereocenters. The smallest absolute Gasteiger partial charge is 0.196 e. The van der Waals surface area contributed by atoms with Gasteiger partial charge in [-0.3, -0.25) is 9.48 Å². The molecule has 16 heavy (non-hydrogen) atoms. The average Bonchev–Trinajstić information content (AvgIpc) is 2.75. The zero-order valence-electron chi connectivity index (χ0n) is 9.18. The van der Waals surface area contributed by atoms with Crippen LogP contribution in [0.5, 0.6) is 5.75 Å². The van der Waals surface area contributed by atoms with Crippen molar-refractivity contribution in [1.82, 2.24) is 9.78 Å². The summed E-state index contributed by atoms with van der Waals surface area (Å²) < 4.78 is 6.64. The van der Waals surface area contributed by atoms with Crippen molar-refractivity contribution in [1.29, 1.82) is 0 Å². The largest absolute Gasteiger partial charge is 0.497 e. The molecule has 82 valence electrons. The third kappa shape index (κ3) is 1.95. The number of carbonyl (C=O) groups is 1. The normalized spacial score (nSPS) is 10.1. The summed E-state index contributed by atoms with van der Waals surface area (Å²) in [4.78, 5) is 12.0. The Bertz CT molecular complexity index is 500. The van der Waals surface area contributed by atoms with Gasteiger partial charge in [0.1, 0.15) is 5.75 Å². The molecule has 2 aromatic rings. The summed E-state index contributed by atoms with van der Waals surface area (Å²) in [7, 11) is 3.38. The van der Waals surface area contributed by atoms with Gasteiger partial charge in [-0.25, -0.2) is 0 Å². The highest BCUT2D eigenvalue weighted by atomic mass is 16.5. The molecular formula is C12H12N2O2. The maximum Gasteiger partial charge on any atom is 0.196 e. The van der Waals surface area contributed by atoms with Crippen molar-refractivity contribution >= 4 is 5.78 Å². The summed E-state index contributed by atoms with van der Waals surface area (Å²) in [5, 5.41) is 3.97. The van der Waals surface area contributed by atoms with Gasteiger partial charge >= 0.3 is 0 Å². The van der Waals surface area contributed by atoms with E-state index in [4.69, 9.17) is 4.74 Å². The number of rotatable bonds is 3. The molecule has 1 aromatic carbocycles. The number of aryl methyl sites for hydroxylation is 1. The third-order valence-electron chi connectivity index (χ3n) is 2.32. The van der Waals surface area contributed by atoms with Crippen LogP contribution in [0.2, 0.25) is 0 Å². The van der Waals surface area contributed by atoms with Crippen LogP contribution >= 0.6 is 0 Å². The lowest BCUT2D eigenvalue weighted by atomic mass is 10.1. The molecule has 1 aromatic heterocycles. The van der Waals surface area contributed by atoms with Crippen LogP contribution in [0.15, 0.2) is 36.7 Å². The van der Waals surface area contributed by atoms with Crippen molar-refractivity contribution in [2.45, 2.75) is 0 Å². The summed E-state index contributed by atoms with van der Waals surface area (Å²) >= 11 is 0. The molecule has 0 radical (unpaired) electrons. The van der Waals surface area contributed by atoms with Crippen LogP contribution in [-0.4, -0.2) is 22.7 Å². The van der Waals surface area contributed by atoms with E-state index < -0.39 is 0 Å². The van der Waals surface area contributed by atoms with E-state index in [2.05, 4.69) is 5.10 Å². The molecule has 0 fully saturated rings. The predicted octanol–water partition coefficient (Wildman–Crippen LogP) is 1.66. The van der Waals surface area contributed by atoms with E-state index in [1.807, 2.05) is 0 Å². The SMILES string of the molecule is COc1ccc(C(=O)c2cnn(C)c2)cc1. The molecule has 0 aliphatic heterocycles. The lowest BCUT2D eigenvalue weighted by Crippen LogP contribution is -1.99. The number of aromatic nitrogens is 2. The van der Waals surface area contributed by atoms with Crippen molar-refractivity contribution in [2.24, 2.45) is 7.05 Å². The maximum absolute atomic E-state index is 12.0. The fourth-order valence-corrected chi connectivity index (χ4v) is 1.45. The number of hydrogen-bond donors (Lipinski definition) is 0. The highest BCUT2D eigenvalue weighted by Gasteiger charge is 2.10. The third-order valence-corrected chi connectivity index (χ3v) is 2.32. The van der Waals surface area contributed by atoms with Crippen molar-refractivity contribution in [3.8, 4) is 5.75 Å². The number of benzene rings is 1. The Morgan fingerprint density at radius 3 is 2.44 bits per heavy atom. The Morgan fingerprint density at radius 1 is 1.25 bits per heavy atom. The molecule has 0 N–H and O–H groups in total. The van der Waals surface area contributed by atoms with E-state index in [0.717, 1.165) is 5.75 Å². The molecule has 0 saturated carbocycles. The summed E-state index contributed by atoms with van der Waals surface area (Å²) in [6.07, 6.45) is 3.26. The van der Waals surface area contributed by atoms with Crippen LogP contribution in [0.1, 0.15) is 15.9 Å².